The highest BCUT2D eigenvalue weighted by Gasteiger charge is 2.30. The Morgan fingerprint density at radius 3 is 2.26 bits per heavy atom. The first-order chi connectivity index (χ1) is 9.97. The van der Waals surface area contributed by atoms with E-state index in [0.717, 1.165) is 39.1 Å². The van der Waals surface area contributed by atoms with Crippen molar-refractivity contribution in [2.24, 2.45) is 0 Å². The molecule has 0 bridgehead atoms. The van der Waals surface area contributed by atoms with Crippen LogP contribution in [-0.2, 0) is 14.9 Å². The third kappa shape index (κ3) is 7.83. The van der Waals surface area contributed by atoms with E-state index in [-0.39, 0.29) is 37.0 Å². The van der Waals surface area contributed by atoms with Crippen LogP contribution < -0.4 is 10.0 Å². The molecule has 0 amide bonds. The molecule has 0 radical (unpaired) electrons. The maximum Gasteiger partial charge on any atom is 0.279 e. The third-order valence-corrected chi connectivity index (χ3v) is 5.42. The Kier molecular flexibility index (Phi) is 11.2. The fourth-order valence-electron chi connectivity index (χ4n) is 2.86. The molecule has 2 rings (SSSR count). The summed E-state index contributed by atoms with van der Waals surface area (Å²) in [5.74, 6) is 0. The molecule has 2 heterocycles. The molecule has 2 unspecified atom stereocenters. The molecule has 2 saturated heterocycles. The Hall–Kier alpha value is 0.330. The van der Waals surface area contributed by atoms with E-state index >= 15 is 0 Å². The summed E-state index contributed by atoms with van der Waals surface area (Å²) < 4.78 is 34.3. The van der Waals surface area contributed by atoms with E-state index in [1.54, 1.807) is 0 Å². The van der Waals surface area contributed by atoms with Gasteiger partial charge >= 0.3 is 0 Å². The summed E-state index contributed by atoms with van der Waals surface area (Å²) in [6, 6.07) is 0. The Balaban J connectivity index is 0.00000242. The van der Waals surface area contributed by atoms with Crippen LogP contribution in [0.3, 0.4) is 0 Å². The van der Waals surface area contributed by atoms with Gasteiger partial charge in [0, 0.05) is 45.8 Å². The second kappa shape index (κ2) is 11.0. The van der Waals surface area contributed by atoms with Gasteiger partial charge in [-0.2, -0.15) is 12.7 Å². The number of morpholine rings is 1. The first kappa shape index (κ1) is 23.3. The normalized spacial score (nSPS) is 27.0. The van der Waals surface area contributed by atoms with Gasteiger partial charge in [0.05, 0.1) is 12.2 Å². The van der Waals surface area contributed by atoms with Gasteiger partial charge in [-0.15, -0.1) is 24.8 Å². The lowest BCUT2D eigenvalue weighted by molar-refractivity contribution is -0.0443. The van der Waals surface area contributed by atoms with Gasteiger partial charge < -0.3 is 15.0 Å². The Morgan fingerprint density at radius 2 is 1.70 bits per heavy atom. The van der Waals surface area contributed by atoms with Crippen LogP contribution in [0.2, 0.25) is 0 Å². The molecule has 2 aliphatic heterocycles. The molecule has 7 nitrogen and oxygen atoms in total. The fourth-order valence-corrected chi connectivity index (χ4v) is 4.25. The van der Waals surface area contributed by atoms with Gasteiger partial charge in [0.2, 0.25) is 0 Å². The van der Waals surface area contributed by atoms with Crippen LogP contribution in [0.25, 0.3) is 0 Å². The van der Waals surface area contributed by atoms with Gasteiger partial charge in [-0.25, -0.2) is 4.72 Å². The highest BCUT2D eigenvalue weighted by atomic mass is 35.5. The molecule has 2 aliphatic rings. The maximum absolute atomic E-state index is 12.3. The minimum Gasteiger partial charge on any atom is -0.373 e. The number of hydrogen-bond donors (Lipinski definition) is 2. The van der Waals surface area contributed by atoms with E-state index in [9.17, 15) is 8.42 Å². The minimum absolute atomic E-state index is 0. The molecule has 2 N–H and O–H groups in total. The van der Waals surface area contributed by atoms with E-state index in [1.165, 1.54) is 4.31 Å². The molecular weight excluding hydrogens is 363 g/mol. The first-order valence-corrected chi connectivity index (χ1v) is 9.24. The Bertz CT molecular complexity index is 411. The van der Waals surface area contributed by atoms with Gasteiger partial charge in [-0.05, 0) is 26.8 Å². The van der Waals surface area contributed by atoms with Crippen LogP contribution in [0.5, 0.6) is 0 Å². The molecular formula is C13H30Cl2N4O3S. The van der Waals surface area contributed by atoms with Crippen LogP contribution >= 0.6 is 24.8 Å². The lowest BCUT2D eigenvalue weighted by atomic mass is 10.3. The highest BCUT2D eigenvalue weighted by molar-refractivity contribution is 7.87. The summed E-state index contributed by atoms with van der Waals surface area (Å²) >= 11 is 0. The van der Waals surface area contributed by atoms with E-state index in [2.05, 4.69) is 14.9 Å². The summed E-state index contributed by atoms with van der Waals surface area (Å²) in [5.41, 5.74) is 0. The molecule has 2 fully saturated rings. The number of ether oxygens (including phenoxy) is 1. The SMILES string of the molecule is CC1CN(S(=O)(=O)NCCCN2CCNCC2)CC(C)O1.Cl.Cl. The van der Waals surface area contributed by atoms with Crippen molar-refractivity contribution >= 4 is 35.0 Å². The van der Waals surface area contributed by atoms with E-state index in [4.69, 9.17) is 4.74 Å². The van der Waals surface area contributed by atoms with Gasteiger partial charge in [0.1, 0.15) is 0 Å². The fraction of sp³-hybridized carbons (Fsp3) is 1.00. The predicted molar refractivity (Wildman–Crippen MR) is 96.9 cm³/mol. The van der Waals surface area contributed by atoms with Crippen molar-refractivity contribution in [1.82, 2.24) is 19.2 Å². The molecule has 10 heteroatoms. The Morgan fingerprint density at radius 1 is 1.13 bits per heavy atom. The summed E-state index contributed by atoms with van der Waals surface area (Å²) in [6.45, 7) is 10.2. The number of halogens is 2. The van der Waals surface area contributed by atoms with Crippen LogP contribution in [0.1, 0.15) is 20.3 Å². The van der Waals surface area contributed by atoms with Crippen molar-refractivity contribution in [1.29, 1.82) is 0 Å². The molecule has 0 aromatic heterocycles. The van der Waals surface area contributed by atoms with Crippen molar-refractivity contribution in [3.8, 4) is 0 Å². The van der Waals surface area contributed by atoms with Gasteiger partial charge in [-0.3, -0.25) is 0 Å². The highest BCUT2D eigenvalue weighted by Crippen LogP contribution is 2.13. The summed E-state index contributed by atoms with van der Waals surface area (Å²) in [7, 11) is -3.38. The maximum atomic E-state index is 12.3. The first-order valence-electron chi connectivity index (χ1n) is 7.80. The molecule has 0 aromatic rings. The van der Waals surface area contributed by atoms with Gasteiger partial charge in [0.15, 0.2) is 0 Å². The van der Waals surface area contributed by atoms with Crippen molar-refractivity contribution in [2.45, 2.75) is 32.5 Å². The minimum atomic E-state index is -3.38. The summed E-state index contributed by atoms with van der Waals surface area (Å²) in [4.78, 5) is 2.36. The molecule has 140 valence electrons. The van der Waals surface area contributed by atoms with Crippen molar-refractivity contribution in [3.05, 3.63) is 0 Å². The quantitative estimate of drug-likeness (QED) is 0.625. The zero-order valence-electron chi connectivity index (χ0n) is 13.9. The lowest BCUT2D eigenvalue weighted by Crippen LogP contribution is -2.52. The number of nitrogens with zero attached hydrogens (tertiary/aromatic N) is 2. The molecule has 0 aromatic carbocycles. The number of piperazine rings is 1. The molecule has 23 heavy (non-hydrogen) atoms. The molecule has 0 saturated carbocycles. The Labute approximate surface area is 152 Å². The van der Waals surface area contributed by atoms with E-state index in [0.29, 0.717) is 19.6 Å². The van der Waals surface area contributed by atoms with Crippen LogP contribution in [0.4, 0.5) is 0 Å². The average molecular weight is 393 g/mol. The van der Waals surface area contributed by atoms with Crippen molar-refractivity contribution < 1.29 is 13.2 Å². The van der Waals surface area contributed by atoms with Crippen molar-refractivity contribution in [2.75, 3.05) is 52.4 Å². The van der Waals surface area contributed by atoms with E-state index < -0.39 is 10.2 Å². The number of rotatable bonds is 6. The summed E-state index contributed by atoms with van der Waals surface area (Å²) in [6.07, 6.45) is 0.742. The molecule has 0 aliphatic carbocycles. The van der Waals surface area contributed by atoms with Gasteiger partial charge in [0.25, 0.3) is 10.2 Å². The van der Waals surface area contributed by atoms with Crippen LogP contribution in [0, 0.1) is 0 Å². The standard InChI is InChI=1S/C13H28N4O3S.2ClH/c1-12-10-17(11-13(2)20-12)21(18,19)15-4-3-7-16-8-5-14-6-9-16;;/h12-15H,3-11H2,1-2H3;2*1H. The average Bonchev–Trinajstić information content (AvgIpc) is 2.44. The lowest BCUT2D eigenvalue weighted by Gasteiger charge is -2.34. The smallest absolute Gasteiger partial charge is 0.279 e. The monoisotopic (exact) mass is 392 g/mol. The molecule has 0 spiro atoms. The van der Waals surface area contributed by atoms with Gasteiger partial charge in [-0.1, -0.05) is 0 Å². The second-order valence-electron chi connectivity index (χ2n) is 5.92. The zero-order chi connectivity index (χ0) is 15.3. The summed E-state index contributed by atoms with van der Waals surface area (Å²) in [5, 5.41) is 3.31. The van der Waals surface area contributed by atoms with Crippen molar-refractivity contribution in [3.63, 3.8) is 0 Å². The predicted octanol–water partition coefficient (Wildman–Crippen LogP) is 0.0689. The zero-order valence-corrected chi connectivity index (χ0v) is 16.3. The van der Waals surface area contributed by atoms with Crippen LogP contribution in [-0.4, -0.2) is 82.2 Å². The number of nitrogens with one attached hydrogen (secondary N) is 2. The largest absolute Gasteiger partial charge is 0.373 e. The number of hydrogen-bond acceptors (Lipinski definition) is 5. The van der Waals surface area contributed by atoms with E-state index in [1.807, 2.05) is 13.8 Å². The molecule has 2 atom stereocenters. The van der Waals surface area contributed by atoms with Crippen LogP contribution in [0.15, 0.2) is 0 Å². The second-order valence-corrected chi connectivity index (χ2v) is 7.67. The topological polar surface area (TPSA) is 73.9 Å². The third-order valence-electron chi connectivity index (χ3n) is 3.87.